The summed E-state index contributed by atoms with van der Waals surface area (Å²) >= 11 is 5.68. The van der Waals surface area contributed by atoms with Gasteiger partial charge in [-0.25, -0.2) is 13.6 Å². The van der Waals surface area contributed by atoms with E-state index in [1.165, 1.54) is 37.5 Å². The van der Waals surface area contributed by atoms with E-state index in [9.17, 15) is 13.6 Å². The van der Waals surface area contributed by atoms with Crippen molar-refractivity contribution in [3.63, 3.8) is 0 Å². The zero-order valence-corrected chi connectivity index (χ0v) is 15.0. The van der Waals surface area contributed by atoms with E-state index in [0.29, 0.717) is 11.3 Å². The molecule has 1 aromatic rings. The number of benzene rings is 1. The van der Waals surface area contributed by atoms with Gasteiger partial charge in [-0.2, -0.15) is 0 Å². The highest BCUT2D eigenvalue weighted by atomic mass is 35.5. The highest BCUT2D eigenvalue weighted by Crippen LogP contribution is 2.41. The van der Waals surface area contributed by atoms with Gasteiger partial charge in [-0.15, -0.1) is 0 Å². The highest BCUT2D eigenvalue weighted by Gasteiger charge is 2.45. The van der Waals surface area contributed by atoms with Crippen molar-refractivity contribution in [2.75, 3.05) is 20.2 Å². The third kappa shape index (κ3) is 4.37. The van der Waals surface area contributed by atoms with Crippen LogP contribution in [0, 0.1) is 0 Å². The van der Waals surface area contributed by atoms with Crippen molar-refractivity contribution in [3.05, 3.63) is 58.1 Å². The van der Waals surface area contributed by atoms with Crippen LogP contribution in [0.5, 0.6) is 0 Å². The number of nitrogens with zero attached hydrogens (tertiary/aromatic N) is 1. The molecule has 0 bridgehead atoms. The van der Waals surface area contributed by atoms with Crippen LogP contribution < -0.4 is 17.2 Å². The molecule has 1 atom stereocenters. The summed E-state index contributed by atoms with van der Waals surface area (Å²) in [5.74, 6) is -4.62. The van der Waals surface area contributed by atoms with E-state index in [4.69, 9.17) is 28.8 Å². The van der Waals surface area contributed by atoms with Crippen LogP contribution in [0.3, 0.4) is 0 Å². The number of halogens is 3. The Bertz CT molecular complexity index is 727. The molecule has 142 valence electrons. The van der Waals surface area contributed by atoms with E-state index in [1.54, 1.807) is 4.90 Å². The first-order valence-electron chi connectivity index (χ1n) is 7.84. The first-order chi connectivity index (χ1) is 12.2. The maximum absolute atomic E-state index is 14.5. The number of ether oxygens (including phenoxy) is 1. The van der Waals surface area contributed by atoms with Gasteiger partial charge >= 0.3 is 5.97 Å². The van der Waals surface area contributed by atoms with Crippen LogP contribution in [0.1, 0.15) is 28.3 Å². The van der Waals surface area contributed by atoms with Crippen molar-refractivity contribution in [1.82, 2.24) is 4.90 Å². The van der Waals surface area contributed by atoms with Gasteiger partial charge in [0, 0.05) is 19.5 Å². The topological polar surface area (TPSA) is 108 Å². The van der Waals surface area contributed by atoms with Gasteiger partial charge < -0.3 is 26.8 Å². The molecule has 6 N–H and O–H groups in total. The van der Waals surface area contributed by atoms with Gasteiger partial charge in [0.2, 0.25) is 0 Å². The molecule has 1 unspecified atom stereocenters. The number of esters is 1. The van der Waals surface area contributed by atoms with Crippen LogP contribution in [0.25, 0.3) is 0 Å². The summed E-state index contributed by atoms with van der Waals surface area (Å²) in [5.41, 5.74) is 17.8. The summed E-state index contributed by atoms with van der Waals surface area (Å²) in [4.78, 5) is 13.1. The maximum atomic E-state index is 14.5. The number of likely N-dealkylation sites (tertiary alicyclic amines) is 1. The number of nitrogens with two attached hydrogens (primary N) is 3. The van der Waals surface area contributed by atoms with Crippen molar-refractivity contribution in [1.29, 1.82) is 0 Å². The molecular formula is C17H21ClF2N4O2. The number of methoxy groups -OCH3 is 1. The van der Waals surface area contributed by atoms with Crippen LogP contribution in [-0.4, -0.2) is 37.0 Å². The summed E-state index contributed by atoms with van der Waals surface area (Å²) in [6.45, 7) is 0.0239. The Morgan fingerprint density at radius 2 is 1.92 bits per heavy atom. The number of carbonyl (C=O) groups excluding carboxylic acids is 1. The third-order valence-corrected chi connectivity index (χ3v) is 4.38. The minimum atomic E-state index is -2.92. The average Bonchev–Trinajstić information content (AvgIpc) is 2.59. The van der Waals surface area contributed by atoms with Crippen molar-refractivity contribution in [2.45, 2.75) is 18.3 Å². The van der Waals surface area contributed by atoms with Crippen molar-refractivity contribution in [2.24, 2.45) is 17.2 Å². The Kier molecular flexibility index (Phi) is 5.97. The van der Waals surface area contributed by atoms with Gasteiger partial charge in [-0.1, -0.05) is 23.7 Å². The lowest BCUT2D eigenvalue weighted by molar-refractivity contribution is -0.0693. The maximum Gasteiger partial charge on any atom is 0.337 e. The molecule has 26 heavy (non-hydrogen) atoms. The van der Waals surface area contributed by atoms with Gasteiger partial charge in [-0.3, -0.25) is 0 Å². The van der Waals surface area contributed by atoms with Crippen LogP contribution >= 0.6 is 11.6 Å². The van der Waals surface area contributed by atoms with Gasteiger partial charge in [0.05, 0.1) is 24.3 Å². The molecule has 0 aromatic heterocycles. The quantitative estimate of drug-likeness (QED) is 0.415. The van der Waals surface area contributed by atoms with Crippen LogP contribution in [-0.2, 0) is 4.74 Å². The molecular weight excluding hydrogens is 366 g/mol. The predicted octanol–water partition coefficient (Wildman–Crippen LogP) is 2.02. The molecule has 0 radical (unpaired) electrons. The van der Waals surface area contributed by atoms with Crippen LogP contribution in [0.15, 0.2) is 47.0 Å². The molecule has 1 aliphatic heterocycles. The third-order valence-electron chi connectivity index (χ3n) is 4.27. The Hall–Kier alpha value is -2.48. The van der Waals surface area contributed by atoms with Gasteiger partial charge in [-0.05, 0) is 23.8 Å². The molecule has 1 fully saturated rings. The molecule has 1 saturated heterocycles. The number of hydrogen-bond donors (Lipinski definition) is 3. The lowest BCUT2D eigenvalue weighted by Gasteiger charge is -2.40. The lowest BCUT2D eigenvalue weighted by Crippen LogP contribution is -2.46. The largest absolute Gasteiger partial charge is 0.465 e. The Morgan fingerprint density at radius 3 is 2.42 bits per heavy atom. The number of piperidine rings is 1. The van der Waals surface area contributed by atoms with Crippen molar-refractivity contribution >= 4 is 17.6 Å². The minimum Gasteiger partial charge on any atom is -0.465 e. The van der Waals surface area contributed by atoms with E-state index in [-0.39, 0.29) is 36.1 Å². The minimum absolute atomic E-state index is 0.0293. The fourth-order valence-electron chi connectivity index (χ4n) is 2.93. The van der Waals surface area contributed by atoms with E-state index in [1.807, 2.05) is 0 Å². The summed E-state index contributed by atoms with van der Waals surface area (Å²) in [5, 5.41) is -0.0512. The summed E-state index contributed by atoms with van der Waals surface area (Å²) < 4.78 is 33.6. The molecule has 0 amide bonds. The first-order valence-corrected chi connectivity index (χ1v) is 8.22. The number of carbonyl (C=O) groups is 1. The first kappa shape index (κ1) is 19.8. The Balaban J connectivity index is 2.32. The normalized spacial score (nSPS) is 19.8. The monoisotopic (exact) mass is 386 g/mol. The van der Waals surface area contributed by atoms with Gasteiger partial charge in [0.1, 0.15) is 11.0 Å². The van der Waals surface area contributed by atoms with Crippen molar-refractivity contribution < 1.29 is 18.3 Å². The molecule has 0 aliphatic carbocycles. The van der Waals surface area contributed by atoms with E-state index < -0.39 is 17.8 Å². The van der Waals surface area contributed by atoms with Gasteiger partial charge in [0.15, 0.2) is 0 Å². The SMILES string of the molecule is COC(=O)c1ccc(C2CN(C(/C=C(\N)Cl)=C(N)N)CCC2(F)F)cc1. The molecule has 9 heteroatoms. The van der Waals surface area contributed by atoms with E-state index >= 15 is 0 Å². The number of rotatable bonds is 4. The summed E-state index contributed by atoms with van der Waals surface area (Å²) in [7, 11) is 1.25. The number of hydrogen-bond acceptors (Lipinski definition) is 6. The second-order valence-electron chi connectivity index (χ2n) is 5.99. The number of allylic oxidation sites excluding steroid dienone is 1. The second-order valence-corrected chi connectivity index (χ2v) is 6.43. The summed E-state index contributed by atoms with van der Waals surface area (Å²) in [6.07, 6.45) is 0.959. The van der Waals surface area contributed by atoms with E-state index in [2.05, 4.69) is 4.74 Å². The number of alkyl halides is 2. The van der Waals surface area contributed by atoms with Crippen molar-refractivity contribution in [3.8, 4) is 0 Å². The standard InChI is InChI=1S/C17H21ClF2N4O2/c1-26-16(25)11-4-2-10(3-5-11)12-9-24(7-6-17(12,19)20)13(15(22)23)8-14(18)21/h2-5,8,12H,6-7,9,21-23H2,1H3/b14-8-. The van der Waals surface area contributed by atoms with Crippen LogP contribution in [0.4, 0.5) is 8.78 Å². The molecule has 6 nitrogen and oxygen atoms in total. The molecule has 2 rings (SSSR count). The lowest BCUT2D eigenvalue weighted by atomic mass is 9.86. The average molecular weight is 387 g/mol. The smallest absolute Gasteiger partial charge is 0.337 e. The second kappa shape index (κ2) is 7.82. The fourth-order valence-corrected chi connectivity index (χ4v) is 3.03. The molecule has 0 saturated carbocycles. The van der Waals surface area contributed by atoms with Crippen LogP contribution in [0.2, 0.25) is 0 Å². The van der Waals surface area contributed by atoms with Gasteiger partial charge in [0.25, 0.3) is 5.92 Å². The Labute approximate surface area is 155 Å². The molecule has 1 heterocycles. The summed E-state index contributed by atoms with van der Waals surface area (Å²) in [6, 6.07) is 5.91. The zero-order valence-electron chi connectivity index (χ0n) is 14.2. The zero-order chi connectivity index (χ0) is 19.5. The molecule has 0 spiro atoms. The Morgan fingerprint density at radius 1 is 1.31 bits per heavy atom. The van der Waals surface area contributed by atoms with E-state index in [0.717, 1.165) is 0 Å². The fraction of sp³-hybridized carbons (Fsp3) is 0.353. The molecule has 1 aliphatic rings. The molecule has 1 aromatic carbocycles. The highest BCUT2D eigenvalue weighted by molar-refractivity contribution is 6.29. The predicted molar refractivity (Wildman–Crippen MR) is 95.2 cm³/mol.